The first-order valence-corrected chi connectivity index (χ1v) is 12.9. The van der Waals surface area contributed by atoms with Gasteiger partial charge in [0.15, 0.2) is 0 Å². The van der Waals surface area contributed by atoms with Crippen LogP contribution in [0, 0.1) is 0 Å². The van der Waals surface area contributed by atoms with Gasteiger partial charge in [-0.1, -0.05) is 12.2 Å². The Bertz CT molecular complexity index is 1110. The molecule has 1 aliphatic rings. The predicted octanol–water partition coefficient (Wildman–Crippen LogP) is -5.13. The van der Waals surface area contributed by atoms with Crippen LogP contribution in [0.15, 0.2) is 21.9 Å². The number of H-pyrrole nitrogens is 1. The number of phosphoric acid groups is 3. The van der Waals surface area contributed by atoms with Crippen molar-refractivity contribution in [2.75, 3.05) is 13.2 Å². The number of aliphatic hydroxyl groups is 1. The van der Waals surface area contributed by atoms with Gasteiger partial charge in [-0.3, -0.25) is 23.4 Å². The molecule has 1 fully saturated rings. The molecule has 3 unspecified atom stereocenters. The monoisotopic (exact) mass is 545 g/mol. The summed E-state index contributed by atoms with van der Waals surface area (Å²) < 4.78 is 51.2. The largest absolute Gasteiger partial charge is 1.00 e. The molecule has 0 spiro atoms. The number of nitrogens with one attached hydrogen (secondary N) is 1. The zero-order valence-electron chi connectivity index (χ0n) is 16.8. The van der Waals surface area contributed by atoms with E-state index in [-0.39, 0.29) is 48.1 Å². The number of nitrogens with zero attached hydrogens (tertiary/aromatic N) is 1. The molecule has 21 heteroatoms. The average molecular weight is 545 g/mol. The number of rotatable bonds is 10. The molecule has 33 heavy (non-hydrogen) atoms. The molecular formula is C12H19N3NaO14P3. The van der Waals surface area contributed by atoms with Crippen molar-refractivity contribution >= 4 is 29.5 Å². The van der Waals surface area contributed by atoms with Crippen molar-refractivity contribution in [2.45, 2.75) is 24.9 Å². The zero-order chi connectivity index (χ0) is 24.3. The van der Waals surface area contributed by atoms with Crippen LogP contribution in [0.2, 0.25) is 0 Å². The Morgan fingerprint density at radius 3 is 2.45 bits per heavy atom. The number of aromatic nitrogens is 2. The molecule has 7 N–H and O–H groups in total. The fourth-order valence-corrected chi connectivity index (χ4v) is 5.53. The van der Waals surface area contributed by atoms with E-state index in [0.717, 1.165) is 10.8 Å². The van der Waals surface area contributed by atoms with E-state index in [4.69, 9.17) is 20.3 Å². The average Bonchev–Trinajstić information content (AvgIpc) is 2.97. The van der Waals surface area contributed by atoms with E-state index in [9.17, 15) is 38.2 Å². The Labute approximate surface area is 206 Å². The molecule has 1 aromatic heterocycles. The minimum Gasteiger partial charge on any atom is -0.756 e. The van der Waals surface area contributed by atoms with Crippen LogP contribution in [0.1, 0.15) is 18.2 Å². The Morgan fingerprint density at radius 2 is 1.88 bits per heavy atom. The first-order valence-electron chi connectivity index (χ1n) is 8.44. The molecule has 1 saturated heterocycles. The maximum Gasteiger partial charge on any atom is 1.00 e. The third-order valence-electron chi connectivity index (χ3n) is 3.76. The zero-order valence-corrected chi connectivity index (χ0v) is 21.5. The van der Waals surface area contributed by atoms with Crippen LogP contribution in [-0.4, -0.2) is 54.7 Å². The third kappa shape index (κ3) is 9.70. The van der Waals surface area contributed by atoms with Crippen molar-refractivity contribution in [3.8, 4) is 0 Å². The van der Waals surface area contributed by atoms with Gasteiger partial charge in [-0.15, -0.1) is 0 Å². The van der Waals surface area contributed by atoms with Crippen molar-refractivity contribution in [1.82, 2.24) is 9.55 Å². The van der Waals surface area contributed by atoms with Gasteiger partial charge in [0.2, 0.25) is 0 Å². The fourth-order valence-electron chi connectivity index (χ4n) is 2.53. The van der Waals surface area contributed by atoms with Crippen molar-refractivity contribution in [3.63, 3.8) is 0 Å². The van der Waals surface area contributed by atoms with E-state index in [0.29, 0.717) is 0 Å². The topological polar surface area (TPSA) is 273 Å². The van der Waals surface area contributed by atoms with Gasteiger partial charge in [0.1, 0.15) is 12.3 Å². The first kappa shape index (κ1) is 30.7. The molecule has 6 atom stereocenters. The van der Waals surface area contributed by atoms with Gasteiger partial charge >= 0.3 is 50.9 Å². The van der Waals surface area contributed by atoms with Gasteiger partial charge in [-0.2, -0.15) is 4.31 Å². The van der Waals surface area contributed by atoms with Gasteiger partial charge in [-0.25, -0.2) is 18.2 Å². The van der Waals surface area contributed by atoms with Crippen LogP contribution in [0.5, 0.6) is 0 Å². The molecule has 2 heterocycles. The number of hydrogen-bond donors (Lipinski definition) is 6. The smallest absolute Gasteiger partial charge is 0.756 e. The van der Waals surface area contributed by atoms with Crippen molar-refractivity contribution in [1.29, 1.82) is 0 Å². The van der Waals surface area contributed by atoms with Crippen LogP contribution in [0.4, 0.5) is 0 Å². The molecule has 0 aromatic carbocycles. The van der Waals surface area contributed by atoms with Crippen LogP contribution >= 0.6 is 23.5 Å². The Kier molecular flexibility index (Phi) is 11.3. The second-order valence-electron chi connectivity index (χ2n) is 6.19. The second-order valence-corrected chi connectivity index (χ2v) is 10.6. The quantitative estimate of drug-likeness (QED) is 0.118. The van der Waals surface area contributed by atoms with Crippen LogP contribution in [0.3, 0.4) is 0 Å². The Morgan fingerprint density at radius 1 is 1.24 bits per heavy atom. The van der Waals surface area contributed by atoms with Gasteiger partial charge in [0, 0.05) is 19.2 Å². The number of ether oxygens (including phenoxy) is 1. The van der Waals surface area contributed by atoms with Gasteiger partial charge in [0.25, 0.3) is 13.4 Å². The molecule has 17 nitrogen and oxygen atoms in total. The minimum absolute atomic E-state index is 0. The van der Waals surface area contributed by atoms with Crippen molar-refractivity contribution < 1.29 is 85.8 Å². The van der Waals surface area contributed by atoms with Crippen molar-refractivity contribution in [3.05, 3.63) is 38.7 Å². The number of phosphoric ester groups is 1. The summed E-state index contributed by atoms with van der Waals surface area (Å²) in [4.78, 5) is 63.3. The molecule has 0 bridgehead atoms. The summed E-state index contributed by atoms with van der Waals surface area (Å²) in [6, 6.07) is 0. The number of aliphatic hydroxyl groups excluding tert-OH is 1. The maximum absolute atomic E-state index is 12.1. The van der Waals surface area contributed by atoms with E-state index in [2.05, 4.69) is 13.1 Å². The molecule has 0 aliphatic carbocycles. The summed E-state index contributed by atoms with van der Waals surface area (Å²) in [6.07, 6.45) is -0.133. The second kappa shape index (κ2) is 12.1. The van der Waals surface area contributed by atoms with E-state index in [1.165, 1.54) is 12.2 Å². The molecular weight excluding hydrogens is 526 g/mol. The molecule has 0 saturated carbocycles. The number of hydrogen-bond acceptors (Lipinski definition) is 12. The van der Waals surface area contributed by atoms with E-state index >= 15 is 0 Å². The fraction of sp³-hybridized carbons (Fsp3) is 0.500. The molecule has 2 rings (SSSR count). The number of nitrogens with two attached hydrogens (primary N) is 1. The van der Waals surface area contributed by atoms with Crippen LogP contribution in [-0.2, 0) is 31.6 Å². The standard InChI is InChI=1S/C12H20N3O14P3.Na/c13-3-1-2-7-5-15(12(18)14-11(7)17)10-4-8(16)9(27-10)6-26-31(22,23)29-32(24,25)28-30(19,20)21;/h1-2,5,8-10,16H,3-4,6,13H2,(H,22,23)(H,24,25)(H,14,17,18)(H2,19,20,21);/q;+1/p-1/b2-1+;/t8-,9+,10+;/m0./s1. The maximum atomic E-state index is 12.1. The summed E-state index contributed by atoms with van der Waals surface area (Å²) in [5, 5.41) is 10.1. The van der Waals surface area contributed by atoms with Crippen LogP contribution < -0.4 is 51.4 Å². The molecule has 1 aromatic rings. The van der Waals surface area contributed by atoms with E-state index < -0.39 is 59.8 Å². The van der Waals surface area contributed by atoms with Gasteiger partial charge < -0.3 is 35.2 Å². The Balaban J connectivity index is 0.00000544. The number of aromatic amines is 1. The normalized spacial score (nSPS) is 26.3. The summed E-state index contributed by atoms with van der Waals surface area (Å²) >= 11 is 0. The molecule has 1 aliphatic heterocycles. The predicted molar refractivity (Wildman–Crippen MR) is 102 cm³/mol. The van der Waals surface area contributed by atoms with Gasteiger partial charge in [-0.05, 0) is 0 Å². The van der Waals surface area contributed by atoms with Gasteiger partial charge in [0.05, 0.1) is 18.3 Å². The van der Waals surface area contributed by atoms with Crippen LogP contribution in [0.25, 0.3) is 6.08 Å². The van der Waals surface area contributed by atoms with E-state index in [1.54, 1.807) is 0 Å². The summed E-state index contributed by atoms with van der Waals surface area (Å²) in [5.74, 6) is 0. The molecule has 0 radical (unpaired) electrons. The first-order chi connectivity index (χ1) is 14.6. The minimum atomic E-state index is -5.79. The summed E-state index contributed by atoms with van der Waals surface area (Å²) in [6.45, 7) is -0.798. The van der Waals surface area contributed by atoms with Crippen molar-refractivity contribution in [2.24, 2.45) is 5.73 Å². The van der Waals surface area contributed by atoms with E-state index in [1.807, 2.05) is 4.98 Å². The summed E-state index contributed by atoms with van der Waals surface area (Å²) in [5.41, 5.74) is 3.79. The summed E-state index contributed by atoms with van der Waals surface area (Å²) in [7, 11) is -17.0. The molecule has 182 valence electrons. The molecule has 0 amide bonds. The third-order valence-corrected chi connectivity index (χ3v) is 7.54. The Hall–Kier alpha value is -0.290. The SMILES string of the molecule is NC/C=C/c1cn([C@H]2C[C@H](O)[C@@H](COP(=O)(O)OP(=O)(O)OP(=O)([O-])O)O2)c(=O)[nH]c1=O.[Na+].